The molecule has 0 aliphatic heterocycles. The molecule has 1 saturated carbocycles. The van der Waals surface area contributed by atoms with Crippen molar-refractivity contribution in [2.45, 2.75) is 33.1 Å². The van der Waals surface area contributed by atoms with Crippen molar-refractivity contribution in [2.75, 3.05) is 0 Å². The van der Waals surface area contributed by atoms with Gasteiger partial charge in [0.2, 0.25) is 0 Å². The highest BCUT2D eigenvalue weighted by molar-refractivity contribution is 5.80. The molecule has 66 valence electrons. The van der Waals surface area contributed by atoms with Crippen molar-refractivity contribution in [2.24, 2.45) is 17.3 Å². The van der Waals surface area contributed by atoms with Gasteiger partial charge in [-0.1, -0.05) is 19.1 Å². The van der Waals surface area contributed by atoms with Crippen LogP contribution in [0.4, 0.5) is 0 Å². The van der Waals surface area contributed by atoms with Crippen molar-refractivity contribution in [1.29, 1.82) is 0 Å². The minimum Gasteiger partial charge on any atom is -0.300 e. The van der Waals surface area contributed by atoms with Gasteiger partial charge in [0.05, 0.1) is 0 Å². The molecule has 1 fully saturated rings. The third kappa shape index (κ3) is 1.03. The molecule has 12 heavy (non-hydrogen) atoms. The van der Waals surface area contributed by atoms with Gasteiger partial charge < -0.3 is 0 Å². The molecule has 2 aliphatic carbocycles. The zero-order valence-electron chi connectivity index (χ0n) is 7.84. The average Bonchev–Trinajstić information content (AvgIpc) is 2.68. The maximum atomic E-state index is 11.4. The van der Waals surface area contributed by atoms with Gasteiger partial charge in [0, 0.05) is 5.92 Å². The highest BCUT2D eigenvalue weighted by atomic mass is 16.1. The van der Waals surface area contributed by atoms with Crippen LogP contribution >= 0.6 is 0 Å². The predicted molar refractivity (Wildman–Crippen MR) is 48.8 cm³/mol. The number of Topliss-reactive ketones (excluding diaryl/α,β-unsaturated/α-hetero) is 1. The lowest BCUT2D eigenvalue weighted by Crippen LogP contribution is -2.30. The van der Waals surface area contributed by atoms with Gasteiger partial charge in [0.25, 0.3) is 0 Å². The first kappa shape index (κ1) is 8.03. The second-order valence-corrected chi connectivity index (χ2v) is 4.44. The van der Waals surface area contributed by atoms with E-state index in [9.17, 15) is 4.79 Å². The van der Waals surface area contributed by atoms with Crippen LogP contribution in [0.25, 0.3) is 0 Å². The summed E-state index contributed by atoms with van der Waals surface area (Å²) in [6.07, 6.45) is 8.15. The Labute approximate surface area is 73.8 Å². The van der Waals surface area contributed by atoms with Crippen LogP contribution in [-0.4, -0.2) is 5.78 Å². The van der Waals surface area contributed by atoms with E-state index in [1.54, 1.807) is 6.92 Å². The Hall–Kier alpha value is -0.590. The fourth-order valence-corrected chi connectivity index (χ4v) is 2.79. The number of carbonyl (C=O) groups is 1. The second-order valence-electron chi connectivity index (χ2n) is 4.44. The molecule has 2 rings (SSSR count). The Balaban J connectivity index is 2.26. The Morgan fingerprint density at radius 2 is 2.17 bits per heavy atom. The maximum Gasteiger partial charge on any atom is 0.134 e. The monoisotopic (exact) mass is 164 g/mol. The summed E-state index contributed by atoms with van der Waals surface area (Å²) in [6.45, 7) is 3.92. The van der Waals surface area contributed by atoms with E-state index in [2.05, 4.69) is 19.1 Å². The number of ketones is 1. The zero-order chi connectivity index (χ0) is 8.77. The van der Waals surface area contributed by atoms with E-state index in [0.29, 0.717) is 23.0 Å². The fraction of sp³-hybridized carbons (Fsp3) is 0.727. The van der Waals surface area contributed by atoms with Crippen molar-refractivity contribution in [3.05, 3.63) is 12.2 Å². The third-order valence-corrected chi connectivity index (χ3v) is 3.48. The summed E-state index contributed by atoms with van der Waals surface area (Å²) in [7, 11) is 0. The van der Waals surface area contributed by atoms with Crippen LogP contribution in [0.1, 0.15) is 33.1 Å². The fourth-order valence-electron chi connectivity index (χ4n) is 2.79. The third-order valence-electron chi connectivity index (χ3n) is 3.48. The first-order valence-electron chi connectivity index (χ1n) is 4.83. The van der Waals surface area contributed by atoms with Gasteiger partial charge >= 0.3 is 0 Å². The lowest BCUT2D eigenvalue weighted by molar-refractivity contribution is -0.124. The number of allylic oxidation sites excluding steroid dienone is 2. The summed E-state index contributed by atoms with van der Waals surface area (Å²) in [5.74, 6) is 1.19. The highest BCUT2D eigenvalue weighted by Crippen LogP contribution is 2.59. The summed E-state index contributed by atoms with van der Waals surface area (Å²) < 4.78 is 0. The highest BCUT2D eigenvalue weighted by Gasteiger charge is 2.52. The summed E-state index contributed by atoms with van der Waals surface area (Å²) in [6, 6.07) is 0. The Kier molecular flexibility index (Phi) is 1.64. The van der Waals surface area contributed by atoms with Crippen LogP contribution in [0.3, 0.4) is 0 Å². The van der Waals surface area contributed by atoms with Gasteiger partial charge in [-0.15, -0.1) is 0 Å². The standard InChI is InChI=1S/C11H16O/c1-8-4-3-5-11(6-7-11)10(8)9(2)12/h3-4,8,10H,5-7H2,1-2H3. The molecule has 2 unspecified atom stereocenters. The predicted octanol–water partition coefficient (Wildman–Crippen LogP) is 2.57. The van der Waals surface area contributed by atoms with Gasteiger partial charge in [-0.05, 0) is 37.5 Å². The Morgan fingerprint density at radius 3 is 2.58 bits per heavy atom. The molecule has 0 aromatic heterocycles. The van der Waals surface area contributed by atoms with Gasteiger partial charge in [-0.25, -0.2) is 0 Å². The van der Waals surface area contributed by atoms with E-state index in [1.165, 1.54) is 12.8 Å². The van der Waals surface area contributed by atoms with Crippen molar-refractivity contribution >= 4 is 5.78 Å². The summed E-state index contributed by atoms with van der Waals surface area (Å²) >= 11 is 0. The molecule has 2 atom stereocenters. The molecule has 1 nitrogen and oxygen atoms in total. The topological polar surface area (TPSA) is 17.1 Å². The van der Waals surface area contributed by atoms with Gasteiger partial charge in [0.15, 0.2) is 0 Å². The average molecular weight is 164 g/mol. The molecular formula is C11H16O. The van der Waals surface area contributed by atoms with Crippen molar-refractivity contribution in [3.63, 3.8) is 0 Å². The van der Waals surface area contributed by atoms with Crippen LogP contribution in [-0.2, 0) is 4.79 Å². The maximum absolute atomic E-state index is 11.4. The van der Waals surface area contributed by atoms with Crippen LogP contribution in [0.5, 0.6) is 0 Å². The molecule has 1 spiro atoms. The largest absolute Gasteiger partial charge is 0.300 e. The van der Waals surface area contributed by atoms with Gasteiger partial charge in [-0.3, -0.25) is 4.79 Å². The Bertz CT molecular complexity index is 235. The molecular weight excluding hydrogens is 148 g/mol. The Morgan fingerprint density at radius 1 is 1.50 bits per heavy atom. The number of hydrogen-bond acceptors (Lipinski definition) is 1. The number of rotatable bonds is 1. The first-order valence-corrected chi connectivity index (χ1v) is 4.83. The summed E-state index contributed by atoms with van der Waals surface area (Å²) in [4.78, 5) is 11.4. The van der Waals surface area contributed by atoms with E-state index >= 15 is 0 Å². The normalized spacial score (nSPS) is 36.8. The number of hydrogen-bond donors (Lipinski definition) is 0. The van der Waals surface area contributed by atoms with Crippen LogP contribution in [0.15, 0.2) is 12.2 Å². The lowest BCUT2D eigenvalue weighted by atomic mass is 9.72. The molecule has 2 aliphatic rings. The zero-order valence-corrected chi connectivity index (χ0v) is 7.84. The van der Waals surface area contributed by atoms with E-state index in [1.807, 2.05) is 0 Å². The molecule has 1 heteroatoms. The molecule has 0 heterocycles. The van der Waals surface area contributed by atoms with Crippen molar-refractivity contribution in [3.8, 4) is 0 Å². The molecule has 0 N–H and O–H groups in total. The first-order chi connectivity index (χ1) is 5.66. The van der Waals surface area contributed by atoms with Crippen LogP contribution in [0.2, 0.25) is 0 Å². The molecule has 0 aromatic rings. The van der Waals surface area contributed by atoms with E-state index < -0.39 is 0 Å². The van der Waals surface area contributed by atoms with E-state index in [0.717, 1.165) is 6.42 Å². The van der Waals surface area contributed by atoms with Gasteiger partial charge in [0.1, 0.15) is 5.78 Å². The molecule has 0 saturated heterocycles. The molecule has 0 aromatic carbocycles. The van der Waals surface area contributed by atoms with E-state index in [-0.39, 0.29) is 0 Å². The lowest BCUT2D eigenvalue weighted by Gasteiger charge is -2.31. The molecule has 0 amide bonds. The smallest absolute Gasteiger partial charge is 0.134 e. The second kappa shape index (κ2) is 2.45. The van der Waals surface area contributed by atoms with Crippen LogP contribution in [0, 0.1) is 17.3 Å². The quantitative estimate of drug-likeness (QED) is 0.544. The SMILES string of the molecule is CC(=O)C1C(C)C=CCC12CC2. The van der Waals surface area contributed by atoms with Gasteiger partial charge in [-0.2, -0.15) is 0 Å². The van der Waals surface area contributed by atoms with Crippen molar-refractivity contribution < 1.29 is 4.79 Å². The van der Waals surface area contributed by atoms with E-state index in [4.69, 9.17) is 0 Å². The number of carbonyl (C=O) groups excluding carboxylic acids is 1. The summed E-state index contributed by atoms with van der Waals surface area (Å²) in [5.41, 5.74) is 0.403. The molecule has 0 bridgehead atoms. The molecule has 0 radical (unpaired) electrons. The van der Waals surface area contributed by atoms with Crippen LogP contribution < -0.4 is 0 Å². The van der Waals surface area contributed by atoms with Crippen molar-refractivity contribution in [1.82, 2.24) is 0 Å². The minimum absolute atomic E-state index is 0.322. The minimum atomic E-state index is 0.322. The summed E-state index contributed by atoms with van der Waals surface area (Å²) in [5, 5.41) is 0.